The second kappa shape index (κ2) is 16.3. The van der Waals surface area contributed by atoms with E-state index in [2.05, 4.69) is 48.0 Å². The van der Waals surface area contributed by atoms with Crippen LogP contribution in [0.2, 0.25) is 0 Å². The largest absolute Gasteiger partial charge is 0.379 e. The molecule has 2 N–H and O–H groups in total. The van der Waals surface area contributed by atoms with Crippen LogP contribution in [0.5, 0.6) is 0 Å². The number of nitrogens with one attached hydrogen (secondary N) is 2. The van der Waals surface area contributed by atoms with Crippen LogP contribution in [-0.4, -0.2) is 79.3 Å². The van der Waals surface area contributed by atoms with Crippen LogP contribution in [-0.2, 0) is 32.5 Å². The Hall–Kier alpha value is -3.71. The molecule has 4 aromatic rings. The number of morpholine rings is 1. The minimum atomic E-state index is -4.11. The highest BCUT2D eigenvalue weighted by molar-refractivity contribution is 7.90. The number of amides is 2. The molecule has 5 rings (SSSR count). The third kappa shape index (κ3) is 9.10. The summed E-state index contributed by atoms with van der Waals surface area (Å²) >= 11 is 4.46. The molecule has 1 aliphatic heterocycles. The van der Waals surface area contributed by atoms with E-state index in [1.165, 1.54) is 6.07 Å². The third-order valence-corrected chi connectivity index (χ3v) is 10.5. The first-order valence-electron chi connectivity index (χ1n) is 16.9. The second-order valence-corrected chi connectivity index (χ2v) is 15.1. The number of ether oxygens (including phenoxy) is 1. The van der Waals surface area contributed by atoms with Crippen molar-refractivity contribution in [3.05, 3.63) is 83.2 Å². The van der Waals surface area contributed by atoms with Crippen molar-refractivity contribution in [3.63, 3.8) is 0 Å². The number of carbonyl (C=O) groups is 2. The fourth-order valence-corrected chi connectivity index (χ4v) is 7.74. The van der Waals surface area contributed by atoms with Crippen LogP contribution in [0.15, 0.2) is 65.6 Å². The number of imidazole rings is 1. The lowest BCUT2D eigenvalue weighted by Crippen LogP contribution is -2.44. The number of aromatic nitrogens is 2. The zero-order chi connectivity index (χ0) is 35.1. The number of carbonyl (C=O) groups excluding carboxylic acids is 2. The predicted octanol–water partition coefficient (Wildman–Crippen LogP) is 5.22. The van der Waals surface area contributed by atoms with Crippen LogP contribution in [0.3, 0.4) is 0 Å². The monoisotopic (exact) mass is 705 g/mol. The molecule has 1 fully saturated rings. The summed E-state index contributed by atoms with van der Waals surface area (Å²) in [6, 6.07) is 18.3. The van der Waals surface area contributed by atoms with Gasteiger partial charge in [-0.3, -0.25) is 14.5 Å². The van der Waals surface area contributed by atoms with Gasteiger partial charge in [-0.2, -0.15) is 12.6 Å². The Balaban J connectivity index is 1.39. The number of rotatable bonds is 14. The van der Waals surface area contributed by atoms with Crippen LogP contribution in [0.25, 0.3) is 22.2 Å². The molecule has 1 atom stereocenters. The maximum absolute atomic E-state index is 13.4. The molecule has 0 spiro atoms. The van der Waals surface area contributed by atoms with E-state index in [0.717, 1.165) is 47.2 Å². The summed E-state index contributed by atoms with van der Waals surface area (Å²) in [4.78, 5) is 33.0. The molecule has 1 saturated heterocycles. The smallest absolute Gasteiger partial charge is 0.264 e. The van der Waals surface area contributed by atoms with E-state index in [1.54, 1.807) is 18.2 Å². The Labute approximate surface area is 295 Å². The topological polar surface area (TPSA) is 123 Å². The summed E-state index contributed by atoms with van der Waals surface area (Å²) in [5.74, 6) is 1.26. The number of nitrogens with zero attached hydrogens (tertiary/aromatic N) is 3. The maximum Gasteiger partial charge on any atom is 0.264 e. The fraction of sp³-hybridized carbons (Fsp3) is 0.432. The van der Waals surface area contributed by atoms with Crippen LogP contribution in [0.4, 0.5) is 0 Å². The van der Waals surface area contributed by atoms with Crippen molar-refractivity contribution in [1.29, 1.82) is 0 Å². The third-order valence-electron chi connectivity index (χ3n) is 8.67. The van der Waals surface area contributed by atoms with Crippen molar-refractivity contribution >= 4 is 45.5 Å². The number of fused-ring (bicyclic) bond motifs is 1. The minimum absolute atomic E-state index is 0.0115. The number of benzene rings is 3. The Kier molecular flexibility index (Phi) is 12.2. The quantitative estimate of drug-likeness (QED) is 0.154. The molecular weight excluding hydrogens is 659 g/mol. The van der Waals surface area contributed by atoms with Crippen molar-refractivity contribution in [2.24, 2.45) is 5.92 Å². The first-order chi connectivity index (χ1) is 23.5. The van der Waals surface area contributed by atoms with Gasteiger partial charge in [0.1, 0.15) is 5.82 Å². The molecule has 2 amide bonds. The molecule has 0 bridgehead atoms. The van der Waals surface area contributed by atoms with Crippen molar-refractivity contribution in [2.75, 3.05) is 38.6 Å². The lowest BCUT2D eigenvalue weighted by Gasteiger charge is -2.25. The molecule has 3 aromatic carbocycles. The van der Waals surface area contributed by atoms with Crippen LogP contribution in [0.1, 0.15) is 60.9 Å². The van der Waals surface area contributed by atoms with E-state index in [1.807, 2.05) is 48.2 Å². The van der Waals surface area contributed by atoms with Crippen LogP contribution in [0, 0.1) is 12.8 Å². The molecule has 0 saturated carbocycles. The molecule has 49 heavy (non-hydrogen) atoms. The zero-order valence-electron chi connectivity index (χ0n) is 28.7. The average molecular weight is 706 g/mol. The van der Waals surface area contributed by atoms with Gasteiger partial charge in [-0.05, 0) is 60.6 Å². The molecule has 0 radical (unpaired) electrons. The predicted molar refractivity (Wildman–Crippen MR) is 197 cm³/mol. The van der Waals surface area contributed by atoms with E-state index in [9.17, 15) is 18.0 Å². The maximum atomic E-state index is 13.4. The van der Waals surface area contributed by atoms with Gasteiger partial charge in [0.25, 0.3) is 15.9 Å². The first-order valence-corrected chi connectivity index (χ1v) is 19.1. The highest BCUT2D eigenvalue weighted by atomic mass is 32.2. The van der Waals surface area contributed by atoms with Gasteiger partial charge in [-0.15, -0.1) is 0 Å². The summed E-state index contributed by atoms with van der Waals surface area (Å²) in [6.07, 6.45) is 2.55. The van der Waals surface area contributed by atoms with Gasteiger partial charge in [0.2, 0.25) is 5.91 Å². The molecule has 262 valence electrons. The summed E-state index contributed by atoms with van der Waals surface area (Å²) in [5, 5.41) is 3.16. The Morgan fingerprint density at radius 2 is 1.76 bits per heavy atom. The van der Waals surface area contributed by atoms with Gasteiger partial charge < -0.3 is 14.6 Å². The molecule has 0 unspecified atom stereocenters. The summed E-state index contributed by atoms with van der Waals surface area (Å²) in [7, 11) is -4.11. The molecule has 12 heteroatoms. The van der Waals surface area contributed by atoms with Crippen molar-refractivity contribution in [3.8, 4) is 11.1 Å². The highest BCUT2D eigenvalue weighted by Gasteiger charge is 2.24. The number of aryl methyl sites for hydroxylation is 2. The number of thiol groups is 1. The molecule has 10 nitrogen and oxygen atoms in total. The lowest BCUT2D eigenvalue weighted by atomic mass is 10.0. The molecule has 0 aliphatic carbocycles. The van der Waals surface area contributed by atoms with Gasteiger partial charge in [-0.25, -0.2) is 18.1 Å². The number of hydrogen-bond acceptors (Lipinski definition) is 8. The molecular formula is C37H47N5O5S2. The average Bonchev–Trinajstić information content (AvgIpc) is 3.41. The van der Waals surface area contributed by atoms with Gasteiger partial charge in [0.15, 0.2) is 0 Å². The Bertz CT molecular complexity index is 1880. The van der Waals surface area contributed by atoms with Crippen LogP contribution < -0.4 is 10.0 Å². The Morgan fingerprint density at radius 3 is 2.43 bits per heavy atom. The van der Waals surface area contributed by atoms with E-state index in [4.69, 9.17) is 9.72 Å². The van der Waals surface area contributed by atoms with E-state index in [0.29, 0.717) is 61.2 Å². The first kappa shape index (κ1) is 36.6. The van der Waals surface area contributed by atoms with E-state index >= 15 is 0 Å². The normalized spacial score (nSPS) is 14.7. The lowest BCUT2D eigenvalue weighted by molar-refractivity contribution is -0.121. The van der Waals surface area contributed by atoms with Gasteiger partial charge in [-0.1, -0.05) is 63.2 Å². The Morgan fingerprint density at radius 1 is 1.04 bits per heavy atom. The van der Waals surface area contributed by atoms with Crippen molar-refractivity contribution in [1.82, 2.24) is 24.5 Å². The van der Waals surface area contributed by atoms with E-state index in [-0.39, 0.29) is 23.4 Å². The zero-order valence-corrected chi connectivity index (χ0v) is 30.4. The van der Waals surface area contributed by atoms with Gasteiger partial charge in [0, 0.05) is 49.0 Å². The SMILES string of the molecule is CCCc1nc2c(C)cc(C(=O)N[C@@H](CS)CC(C)C)cc2n1Cc1ccc(-c2ccccc2S(=O)(=O)NC(=O)CN2CCOCC2)cc1. The standard InChI is InChI=1S/C37H47N5O5S2/c1-5-8-34-39-36-26(4)20-29(37(44)38-30(24-48)19-25(2)3)21-32(36)42(34)22-27-11-13-28(14-12-27)31-9-6-7-10-33(31)49(45,46)40-35(43)23-41-15-17-47-18-16-41/h6-7,9-14,20-21,25,30,48H,5,8,15-19,22-24H2,1-4H3,(H,38,44)(H,40,43)/t30-/m1/s1. The van der Waals surface area contributed by atoms with Gasteiger partial charge >= 0.3 is 0 Å². The summed E-state index contributed by atoms with van der Waals surface area (Å²) < 4.78 is 36.5. The van der Waals surface area contributed by atoms with Gasteiger partial charge in [0.05, 0.1) is 35.7 Å². The molecule has 1 aliphatic rings. The summed E-state index contributed by atoms with van der Waals surface area (Å²) in [5.41, 5.74) is 5.52. The van der Waals surface area contributed by atoms with E-state index < -0.39 is 15.9 Å². The highest BCUT2D eigenvalue weighted by Crippen LogP contribution is 2.29. The summed E-state index contributed by atoms with van der Waals surface area (Å²) in [6.45, 7) is 11.1. The van der Waals surface area contributed by atoms with Crippen molar-refractivity contribution in [2.45, 2.75) is 64.4 Å². The fourth-order valence-electron chi connectivity index (χ4n) is 6.29. The number of hydrogen-bond donors (Lipinski definition) is 3. The molecule has 1 aromatic heterocycles. The number of sulfonamides is 1. The molecule has 2 heterocycles. The van der Waals surface area contributed by atoms with Crippen LogP contribution >= 0.6 is 12.6 Å². The second-order valence-electron chi connectivity index (χ2n) is 13.1. The van der Waals surface area contributed by atoms with Crippen molar-refractivity contribution < 1.29 is 22.7 Å². The minimum Gasteiger partial charge on any atom is -0.379 e.